The van der Waals surface area contributed by atoms with E-state index in [1.54, 1.807) is 13.3 Å². The molecule has 1 aliphatic heterocycles. The number of nitrogens with zero attached hydrogens (tertiary/aromatic N) is 4. The zero-order valence-corrected chi connectivity index (χ0v) is 23.1. The van der Waals surface area contributed by atoms with Gasteiger partial charge >= 0.3 is 0 Å². The number of pyridine rings is 3. The molecule has 0 bridgehead atoms. The van der Waals surface area contributed by atoms with Gasteiger partial charge in [-0.2, -0.15) is 0 Å². The molecule has 2 aliphatic rings. The van der Waals surface area contributed by atoms with Crippen LogP contribution >= 0.6 is 0 Å². The van der Waals surface area contributed by atoms with Crippen molar-refractivity contribution in [3.63, 3.8) is 0 Å². The van der Waals surface area contributed by atoms with Gasteiger partial charge < -0.3 is 19.8 Å². The molecule has 7 rings (SSSR count). The van der Waals surface area contributed by atoms with Crippen LogP contribution in [0.4, 0.5) is 5.69 Å². The fourth-order valence-electron chi connectivity index (χ4n) is 5.78. The van der Waals surface area contributed by atoms with Crippen LogP contribution in [-0.2, 0) is 0 Å². The summed E-state index contributed by atoms with van der Waals surface area (Å²) in [6.07, 6.45) is 11.7. The highest BCUT2D eigenvalue weighted by Gasteiger charge is 2.21. The quantitative estimate of drug-likeness (QED) is 0.248. The molecule has 2 N–H and O–H groups in total. The fourth-order valence-corrected chi connectivity index (χ4v) is 5.78. The van der Waals surface area contributed by atoms with E-state index < -0.39 is 0 Å². The van der Waals surface area contributed by atoms with E-state index >= 15 is 0 Å². The number of hydrogen-bond acceptors (Lipinski definition) is 7. The molecule has 5 aromatic rings. The molecule has 0 saturated heterocycles. The second kappa shape index (κ2) is 11.0. The van der Waals surface area contributed by atoms with Gasteiger partial charge in [-0.05, 0) is 79.3 Å². The minimum atomic E-state index is 0.265. The van der Waals surface area contributed by atoms with E-state index in [1.807, 2.05) is 48.8 Å². The Bertz CT molecular complexity index is 1740. The first kappa shape index (κ1) is 25.3. The van der Waals surface area contributed by atoms with Crippen molar-refractivity contribution in [3.05, 3.63) is 84.6 Å². The third kappa shape index (κ3) is 5.13. The van der Waals surface area contributed by atoms with Gasteiger partial charge in [-0.25, -0.2) is 9.97 Å². The highest BCUT2D eigenvalue weighted by Crippen LogP contribution is 2.33. The summed E-state index contributed by atoms with van der Waals surface area (Å²) in [5.41, 5.74) is 8.13. The summed E-state index contributed by atoms with van der Waals surface area (Å²) in [4.78, 5) is 22.7. The summed E-state index contributed by atoms with van der Waals surface area (Å²) >= 11 is 0. The van der Waals surface area contributed by atoms with Gasteiger partial charge in [-0.15, -0.1) is 0 Å². The number of ether oxygens (including phenoxy) is 2. The molecule has 5 heterocycles. The zero-order chi connectivity index (χ0) is 27.6. The van der Waals surface area contributed by atoms with Gasteiger partial charge in [-0.3, -0.25) is 9.98 Å². The van der Waals surface area contributed by atoms with Crippen LogP contribution in [0.3, 0.4) is 0 Å². The Balaban J connectivity index is 1.26. The lowest BCUT2D eigenvalue weighted by atomic mass is 9.98. The van der Waals surface area contributed by atoms with Crippen molar-refractivity contribution < 1.29 is 9.47 Å². The molecule has 0 unspecified atom stereocenters. The predicted octanol–water partition coefficient (Wildman–Crippen LogP) is 6.67. The lowest BCUT2D eigenvalue weighted by molar-refractivity contribution is 0.154. The molecular weight excluding hydrogens is 512 g/mol. The minimum absolute atomic E-state index is 0.265. The summed E-state index contributed by atoms with van der Waals surface area (Å²) in [6.45, 7) is 1.37. The average Bonchev–Trinajstić information content (AvgIpc) is 3.35. The van der Waals surface area contributed by atoms with Gasteiger partial charge in [-0.1, -0.05) is 18.6 Å². The third-order valence-corrected chi connectivity index (χ3v) is 7.85. The number of aliphatic imine (C=N–C) groups is 1. The van der Waals surface area contributed by atoms with Crippen molar-refractivity contribution >= 4 is 22.4 Å². The average molecular weight is 545 g/mol. The normalized spacial score (nSPS) is 15.5. The van der Waals surface area contributed by atoms with Crippen molar-refractivity contribution in [2.45, 2.75) is 38.2 Å². The van der Waals surface area contributed by atoms with Crippen molar-refractivity contribution in [1.82, 2.24) is 19.9 Å². The van der Waals surface area contributed by atoms with Gasteiger partial charge in [0.1, 0.15) is 28.6 Å². The molecule has 8 heteroatoms. The fraction of sp³-hybridized carbons (Fsp3) is 0.273. The number of hydrogen-bond donors (Lipinski definition) is 2. The summed E-state index contributed by atoms with van der Waals surface area (Å²) in [7, 11) is 1.68. The molecular formula is C33H32N6O2. The van der Waals surface area contributed by atoms with Crippen molar-refractivity contribution in [2.24, 2.45) is 4.99 Å². The smallest absolute Gasteiger partial charge is 0.138 e. The van der Waals surface area contributed by atoms with Crippen LogP contribution in [0.15, 0.2) is 78.2 Å². The predicted molar refractivity (Wildman–Crippen MR) is 162 cm³/mol. The van der Waals surface area contributed by atoms with Gasteiger partial charge in [0.05, 0.1) is 43.0 Å². The summed E-state index contributed by atoms with van der Waals surface area (Å²) in [5, 5.41) is 4.51. The Morgan fingerprint density at radius 3 is 2.71 bits per heavy atom. The first-order valence-electron chi connectivity index (χ1n) is 14.3. The van der Waals surface area contributed by atoms with Gasteiger partial charge in [0.25, 0.3) is 0 Å². The SMILES string of the molecule is COc1cccc(-c2ccnc3[nH]c(C4=NCCNc5ccc(-c6cncc(OC7CCCCC7)c6)nc54)cc23)c1. The van der Waals surface area contributed by atoms with Crippen LogP contribution in [0.5, 0.6) is 11.5 Å². The third-order valence-electron chi connectivity index (χ3n) is 7.85. The summed E-state index contributed by atoms with van der Waals surface area (Å²) < 4.78 is 11.8. The van der Waals surface area contributed by atoms with E-state index in [4.69, 9.17) is 19.5 Å². The number of aromatic nitrogens is 4. The number of nitrogens with one attached hydrogen (secondary N) is 2. The topological polar surface area (TPSA) is 97.3 Å². The minimum Gasteiger partial charge on any atom is -0.497 e. The lowest BCUT2D eigenvalue weighted by Crippen LogP contribution is -2.19. The number of rotatable bonds is 6. The molecule has 0 atom stereocenters. The van der Waals surface area contributed by atoms with Crippen molar-refractivity contribution in [2.75, 3.05) is 25.5 Å². The second-order valence-electron chi connectivity index (χ2n) is 10.6. The molecule has 1 aromatic carbocycles. The number of anilines is 1. The van der Waals surface area contributed by atoms with E-state index in [1.165, 1.54) is 19.3 Å². The number of methoxy groups -OCH3 is 1. The van der Waals surface area contributed by atoms with Crippen molar-refractivity contribution in [1.29, 1.82) is 0 Å². The van der Waals surface area contributed by atoms with E-state index in [2.05, 4.69) is 38.5 Å². The first-order chi connectivity index (χ1) is 20.2. The number of fused-ring (bicyclic) bond motifs is 2. The molecule has 0 amide bonds. The van der Waals surface area contributed by atoms with Gasteiger partial charge in [0.2, 0.25) is 0 Å². The largest absolute Gasteiger partial charge is 0.497 e. The number of H-pyrrole nitrogens is 1. The first-order valence-corrected chi connectivity index (χ1v) is 14.3. The Kier molecular flexibility index (Phi) is 6.80. The molecule has 1 saturated carbocycles. The molecule has 1 aliphatic carbocycles. The summed E-state index contributed by atoms with van der Waals surface area (Å²) in [6, 6.07) is 18.4. The highest BCUT2D eigenvalue weighted by molar-refractivity contribution is 6.16. The standard InChI is InChI=1S/C33H32N6O2/c1-40-24-9-5-6-21(16-24)26-12-13-37-33-27(26)18-30(39-33)31-32-29(35-14-15-36-31)11-10-28(38-32)22-17-25(20-34-19-22)41-23-7-3-2-4-8-23/h5-6,9-13,16-20,23,35H,2-4,7-8,14-15H2,1H3,(H,37,39). The second-order valence-corrected chi connectivity index (χ2v) is 10.6. The Morgan fingerprint density at radius 2 is 1.80 bits per heavy atom. The van der Waals surface area contributed by atoms with Crippen molar-refractivity contribution in [3.8, 4) is 33.9 Å². The molecule has 1 fully saturated rings. The van der Waals surface area contributed by atoms with E-state index in [0.29, 0.717) is 6.54 Å². The monoisotopic (exact) mass is 544 g/mol. The van der Waals surface area contributed by atoms with Crippen LogP contribution in [-0.4, -0.2) is 52.0 Å². The Labute approximate surface area is 238 Å². The van der Waals surface area contributed by atoms with E-state index in [9.17, 15) is 0 Å². The molecule has 0 spiro atoms. The zero-order valence-electron chi connectivity index (χ0n) is 23.1. The summed E-state index contributed by atoms with van der Waals surface area (Å²) in [5.74, 6) is 1.61. The maximum Gasteiger partial charge on any atom is 0.138 e. The van der Waals surface area contributed by atoms with E-state index in [-0.39, 0.29) is 6.10 Å². The van der Waals surface area contributed by atoms with Crippen LogP contribution in [0, 0.1) is 0 Å². The Hall–Kier alpha value is -4.72. The number of benzene rings is 1. The van der Waals surface area contributed by atoms with Gasteiger partial charge in [0, 0.05) is 29.9 Å². The Morgan fingerprint density at radius 1 is 0.902 bits per heavy atom. The molecule has 206 valence electrons. The molecule has 4 aromatic heterocycles. The maximum atomic E-state index is 6.29. The molecule has 8 nitrogen and oxygen atoms in total. The van der Waals surface area contributed by atoms with Crippen LogP contribution in [0.1, 0.15) is 43.5 Å². The van der Waals surface area contributed by atoms with Crippen LogP contribution < -0.4 is 14.8 Å². The number of aromatic amines is 1. The lowest BCUT2D eigenvalue weighted by Gasteiger charge is -2.23. The van der Waals surface area contributed by atoms with Crippen LogP contribution in [0.25, 0.3) is 33.4 Å². The van der Waals surface area contributed by atoms with Crippen LogP contribution in [0.2, 0.25) is 0 Å². The highest BCUT2D eigenvalue weighted by atomic mass is 16.5. The van der Waals surface area contributed by atoms with E-state index in [0.717, 1.165) is 87.1 Å². The molecule has 0 radical (unpaired) electrons. The maximum absolute atomic E-state index is 6.29. The molecule has 41 heavy (non-hydrogen) atoms. The van der Waals surface area contributed by atoms with Gasteiger partial charge in [0.15, 0.2) is 0 Å².